The molecule has 6 nitrogen and oxygen atoms in total. The number of aromatic nitrogens is 1. The van der Waals surface area contributed by atoms with Gasteiger partial charge in [0.1, 0.15) is 28.9 Å². The first-order chi connectivity index (χ1) is 15.4. The summed E-state index contributed by atoms with van der Waals surface area (Å²) in [4.78, 5) is 31.5. The molecule has 1 N–H and O–H groups in total. The van der Waals surface area contributed by atoms with Crippen molar-refractivity contribution in [1.29, 1.82) is 5.26 Å². The first-order valence-corrected chi connectivity index (χ1v) is 9.90. The highest BCUT2D eigenvalue weighted by Crippen LogP contribution is 2.42. The van der Waals surface area contributed by atoms with Crippen LogP contribution < -0.4 is 5.32 Å². The number of nitriles is 1. The third kappa shape index (κ3) is 3.93. The monoisotopic (exact) mass is 432 g/mol. The number of likely N-dealkylation sites (tertiary alicyclic amines) is 1. The number of anilines is 1. The van der Waals surface area contributed by atoms with E-state index in [0.29, 0.717) is 29.7 Å². The molecule has 2 aromatic carbocycles. The Balaban J connectivity index is 1.59. The zero-order valence-electron chi connectivity index (χ0n) is 16.9. The van der Waals surface area contributed by atoms with Crippen molar-refractivity contribution in [3.05, 3.63) is 95.2 Å². The molecule has 1 aliphatic rings. The van der Waals surface area contributed by atoms with E-state index in [1.165, 1.54) is 47.5 Å². The summed E-state index contributed by atoms with van der Waals surface area (Å²) in [7, 11) is 0. The molecule has 1 aliphatic heterocycles. The Morgan fingerprint density at radius 1 is 1.03 bits per heavy atom. The highest BCUT2D eigenvalue weighted by Gasteiger charge is 2.49. The van der Waals surface area contributed by atoms with Crippen molar-refractivity contribution < 1.29 is 18.4 Å². The van der Waals surface area contributed by atoms with E-state index in [1.54, 1.807) is 24.3 Å². The number of rotatable bonds is 5. The molecule has 0 unspecified atom stereocenters. The van der Waals surface area contributed by atoms with Crippen LogP contribution in [0.5, 0.6) is 0 Å². The van der Waals surface area contributed by atoms with Gasteiger partial charge in [-0.3, -0.25) is 9.59 Å². The topological polar surface area (TPSA) is 86.1 Å². The van der Waals surface area contributed by atoms with E-state index in [9.17, 15) is 18.4 Å². The fraction of sp³-hybridized carbons (Fsp3) is 0.167. The summed E-state index contributed by atoms with van der Waals surface area (Å²) in [5.41, 5.74) is 0.370. The normalized spacial score (nSPS) is 14.8. The van der Waals surface area contributed by atoms with Gasteiger partial charge in [-0.2, -0.15) is 5.26 Å². The van der Waals surface area contributed by atoms with Crippen molar-refractivity contribution in [2.45, 2.75) is 11.8 Å². The third-order valence-corrected chi connectivity index (χ3v) is 5.58. The van der Waals surface area contributed by atoms with Crippen LogP contribution in [0.3, 0.4) is 0 Å². The minimum absolute atomic E-state index is 0.204. The molecule has 2 amide bonds. The van der Waals surface area contributed by atoms with E-state index < -0.39 is 23.0 Å². The Morgan fingerprint density at radius 2 is 1.62 bits per heavy atom. The van der Waals surface area contributed by atoms with Gasteiger partial charge in [0.05, 0.1) is 12.1 Å². The van der Waals surface area contributed by atoms with Crippen molar-refractivity contribution in [2.24, 2.45) is 0 Å². The standard InChI is InChI=1S/C24H18F2N4O2/c25-19-6-2-17(3-7-19)24(18-4-8-20(26)9-5-18)11-12-30(23(24)32)15-22(31)29-21-10-1-16(13-27)14-28-21/h1-10,14H,11-12,15H2,(H,28,29,31). The number of hydrogen-bond acceptors (Lipinski definition) is 4. The fourth-order valence-electron chi connectivity index (χ4n) is 3.99. The second kappa shape index (κ2) is 8.55. The summed E-state index contributed by atoms with van der Waals surface area (Å²) in [6.07, 6.45) is 1.69. The molecular weight excluding hydrogens is 414 g/mol. The Labute approximate surface area is 183 Å². The molecule has 0 radical (unpaired) electrons. The van der Waals surface area contributed by atoms with Crippen LogP contribution in [0, 0.1) is 23.0 Å². The molecule has 1 aromatic heterocycles. The van der Waals surface area contributed by atoms with E-state index in [0.717, 1.165) is 0 Å². The zero-order valence-corrected chi connectivity index (χ0v) is 16.9. The number of nitrogens with one attached hydrogen (secondary N) is 1. The van der Waals surface area contributed by atoms with Gasteiger partial charge in [0.15, 0.2) is 0 Å². The molecule has 2 heterocycles. The van der Waals surface area contributed by atoms with Gasteiger partial charge in [-0.25, -0.2) is 13.8 Å². The lowest BCUT2D eigenvalue weighted by molar-refractivity contribution is -0.134. The molecule has 1 saturated heterocycles. The number of benzene rings is 2. The summed E-state index contributed by atoms with van der Waals surface area (Å²) in [6, 6.07) is 16.3. The van der Waals surface area contributed by atoms with Crippen LogP contribution in [0.4, 0.5) is 14.6 Å². The zero-order chi connectivity index (χ0) is 22.7. The highest BCUT2D eigenvalue weighted by molar-refractivity contribution is 5.99. The fourth-order valence-corrected chi connectivity index (χ4v) is 3.99. The van der Waals surface area contributed by atoms with E-state index in [-0.39, 0.29) is 18.3 Å². The highest BCUT2D eigenvalue weighted by atomic mass is 19.1. The summed E-state index contributed by atoms with van der Waals surface area (Å²) < 4.78 is 27.1. The second-order valence-electron chi connectivity index (χ2n) is 7.49. The average Bonchev–Trinajstić information content (AvgIpc) is 3.12. The predicted molar refractivity (Wildman–Crippen MR) is 112 cm³/mol. The van der Waals surface area contributed by atoms with Gasteiger partial charge in [0.2, 0.25) is 11.8 Å². The lowest BCUT2D eigenvalue weighted by Crippen LogP contribution is -2.42. The van der Waals surface area contributed by atoms with Crippen molar-refractivity contribution in [1.82, 2.24) is 9.88 Å². The first-order valence-electron chi connectivity index (χ1n) is 9.90. The van der Waals surface area contributed by atoms with Gasteiger partial charge in [0, 0.05) is 12.7 Å². The summed E-state index contributed by atoms with van der Waals surface area (Å²) in [6.45, 7) is 0.0897. The van der Waals surface area contributed by atoms with Crippen LogP contribution in [0.1, 0.15) is 23.1 Å². The molecule has 0 aliphatic carbocycles. The van der Waals surface area contributed by atoms with Crippen molar-refractivity contribution in [2.75, 3.05) is 18.4 Å². The third-order valence-electron chi connectivity index (χ3n) is 5.58. The molecular formula is C24H18F2N4O2. The van der Waals surface area contributed by atoms with Gasteiger partial charge in [-0.15, -0.1) is 0 Å². The number of pyridine rings is 1. The maximum Gasteiger partial charge on any atom is 0.245 e. The van der Waals surface area contributed by atoms with Crippen molar-refractivity contribution >= 4 is 17.6 Å². The molecule has 32 heavy (non-hydrogen) atoms. The first kappa shape index (κ1) is 21.1. The summed E-state index contributed by atoms with van der Waals surface area (Å²) in [5.74, 6) is -1.36. The molecule has 8 heteroatoms. The Hall–Kier alpha value is -4.12. The van der Waals surface area contributed by atoms with Crippen molar-refractivity contribution in [3.63, 3.8) is 0 Å². The van der Waals surface area contributed by atoms with Crippen LogP contribution >= 0.6 is 0 Å². The molecule has 160 valence electrons. The average molecular weight is 432 g/mol. The lowest BCUT2D eigenvalue weighted by Gasteiger charge is -2.29. The summed E-state index contributed by atoms with van der Waals surface area (Å²) >= 11 is 0. The number of hydrogen-bond donors (Lipinski definition) is 1. The Morgan fingerprint density at radius 3 is 2.12 bits per heavy atom. The van der Waals surface area contributed by atoms with Gasteiger partial charge >= 0.3 is 0 Å². The molecule has 1 fully saturated rings. The van der Waals surface area contributed by atoms with E-state index in [4.69, 9.17) is 5.26 Å². The van der Waals surface area contributed by atoms with Crippen LogP contribution in [-0.2, 0) is 15.0 Å². The molecule has 3 aromatic rings. The van der Waals surface area contributed by atoms with E-state index in [2.05, 4.69) is 10.3 Å². The van der Waals surface area contributed by atoms with E-state index in [1.807, 2.05) is 6.07 Å². The molecule has 0 atom stereocenters. The maximum atomic E-state index is 13.6. The number of amides is 2. The number of nitrogens with zero attached hydrogens (tertiary/aromatic N) is 3. The molecule has 0 spiro atoms. The van der Waals surface area contributed by atoms with Crippen LogP contribution in [0.25, 0.3) is 0 Å². The van der Waals surface area contributed by atoms with Gasteiger partial charge in [-0.05, 0) is 53.9 Å². The SMILES string of the molecule is N#Cc1ccc(NC(=O)CN2CCC(c3ccc(F)cc3)(c3ccc(F)cc3)C2=O)nc1. The Kier molecular flexibility index (Phi) is 5.65. The van der Waals surface area contributed by atoms with E-state index >= 15 is 0 Å². The van der Waals surface area contributed by atoms with Crippen LogP contribution in [0.15, 0.2) is 66.9 Å². The predicted octanol–water partition coefficient (Wildman–Crippen LogP) is 3.39. The molecule has 0 bridgehead atoms. The second-order valence-corrected chi connectivity index (χ2v) is 7.49. The van der Waals surface area contributed by atoms with Gasteiger partial charge in [0.25, 0.3) is 0 Å². The number of carbonyl (C=O) groups is 2. The number of halogens is 2. The minimum atomic E-state index is -1.14. The molecule has 4 rings (SSSR count). The van der Waals surface area contributed by atoms with Gasteiger partial charge < -0.3 is 10.2 Å². The number of carbonyl (C=O) groups excluding carboxylic acids is 2. The van der Waals surface area contributed by atoms with Crippen LogP contribution in [-0.4, -0.2) is 34.8 Å². The summed E-state index contributed by atoms with van der Waals surface area (Å²) in [5, 5.41) is 11.4. The lowest BCUT2D eigenvalue weighted by atomic mass is 9.73. The molecule has 0 saturated carbocycles. The van der Waals surface area contributed by atoms with Crippen LogP contribution in [0.2, 0.25) is 0 Å². The largest absolute Gasteiger partial charge is 0.332 e. The minimum Gasteiger partial charge on any atom is -0.332 e. The maximum absolute atomic E-state index is 13.6. The van der Waals surface area contributed by atoms with Gasteiger partial charge in [-0.1, -0.05) is 24.3 Å². The Bertz CT molecular complexity index is 1140. The van der Waals surface area contributed by atoms with Crippen molar-refractivity contribution in [3.8, 4) is 6.07 Å². The quantitative estimate of drug-likeness (QED) is 0.670. The smallest absolute Gasteiger partial charge is 0.245 e.